The van der Waals surface area contributed by atoms with Gasteiger partial charge in [-0.25, -0.2) is 0 Å². The Balaban J connectivity index is 2.23. The first-order valence-corrected chi connectivity index (χ1v) is 6.09. The van der Waals surface area contributed by atoms with Crippen molar-refractivity contribution in [1.82, 2.24) is 10.3 Å². The molecule has 1 aliphatic rings. The van der Waals surface area contributed by atoms with Crippen molar-refractivity contribution in [3.05, 3.63) is 47.8 Å². The van der Waals surface area contributed by atoms with Crippen LogP contribution < -0.4 is 5.32 Å². The minimum Gasteiger partial charge on any atom is -0.312 e. The fourth-order valence-corrected chi connectivity index (χ4v) is 2.47. The third-order valence-electron chi connectivity index (χ3n) is 3.49. The van der Waals surface area contributed by atoms with Gasteiger partial charge >= 0.3 is 0 Å². The predicted octanol–water partition coefficient (Wildman–Crippen LogP) is 3.00. The lowest BCUT2D eigenvalue weighted by Gasteiger charge is -2.20. The summed E-state index contributed by atoms with van der Waals surface area (Å²) in [6, 6.07) is 8.46. The molecule has 0 aliphatic carbocycles. The van der Waals surface area contributed by atoms with Gasteiger partial charge in [0.05, 0.1) is 0 Å². The average molecular weight is 224 g/mol. The van der Waals surface area contributed by atoms with Gasteiger partial charge in [-0.05, 0) is 30.8 Å². The zero-order valence-corrected chi connectivity index (χ0v) is 10.0. The van der Waals surface area contributed by atoms with Gasteiger partial charge in [-0.3, -0.25) is 4.98 Å². The largest absolute Gasteiger partial charge is 0.312 e. The number of nitrogens with one attached hydrogen (secondary N) is 1. The molecule has 1 N–H and O–H groups in total. The van der Waals surface area contributed by atoms with E-state index in [-0.39, 0.29) is 0 Å². The Morgan fingerprint density at radius 1 is 1.18 bits per heavy atom. The highest BCUT2D eigenvalue weighted by atomic mass is 14.9. The molecule has 3 rings (SSSR count). The van der Waals surface area contributed by atoms with Crippen LogP contribution in [0.4, 0.5) is 0 Å². The molecule has 0 unspecified atom stereocenters. The second-order valence-electron chi connectivity index (χ2n) is 4.59. The van der Waals surface area contributed by atoms with E-state index in [1.165, 1.54) is 27.5 Å². The molecule has 2 aromatic rings. The van der Waals surface area contributed by atoms with E-state index < -0.39 is 0 Å². The normalized spacial score (nSPS) is 16.5. The molecule has 0 amide bonds. The van der Waals surface area contributed by atoms with Crippen molar-refractivity contribution in [2.75, 3.05) is 13.1 Å². The molecule has 1 aliphatic heterocycles. The molecule has 0 saturated heterocycles. The van der Waals surface area contributed by atoms with Gasteiger partial charge in [-0.15, -0.1) is 0 Å². The first kappa shape index (κ1) is 10.5. The minimum absolute atomic E-state index is 0.960. The van der Waals surface area contributed by atoms with Crippen LogP contribution in [0.1, 0.15) is 18.9 Å². The van der Waals surface area contributed by atoms with Crippen LogP contribution in [-0.2, 0) is 0 Å². The average Bonchev–Trinajstić information content (AvgIpc) is 2.39. The molecule has 0 saturated carbocycles. The van der Waals surface area contributed by atoms with Crippen LogP contribution in [0.3, 0.4) is 0 Å². The third-order valence-corrected chi connectivity index (χ3v) is 3.49. The van der Waals surface area contributed by atoms with Crippen molar-refractivity contribution in [1.29, 1.82) is 0 Å². The fraction of sp³-hybridized carbons (Fsp3) is 0.267. The summed E-state index contributed by atoms with van der Waals surface area (Å²) >= 11 is 0. The van der Waals surface area contributed by atoms with Gasteiger partial charge in [-0.1, -0.05) is 29.8 Å². The second-order valence-corrected chi connectivity index (χ2v) is 4.59. The van der Waals surface area contributed by atoms with Gasteiger partial charge in [0.2, 0.25) is 0 Å². The molecule has 86 valence electrons. The minimum atomic E-state index is 0.960. The maximum absolute atomic E-state index is 4.36. The van der Waals surface area contributed by atoms with Gasteiger partial charge in [0.25, 0.3) is 0 Å². The van der Waals surface area contributed by atoms with E-state index in [4.69, 9.17) is 0 Å². The van der Waals surface area contributed by atoms with Crippen LogP contribution >= 0.6 is 0 Å². The lowest BCUT2D eigenvalue weighted by molar-refractivity contribution is 0.715. The van der Waals surface area contributed by atoms with Crippen molar-refractivity contribution in [3.8, 4) is 0 Å². The highest BCUT2D eigenvalue weighted by Crippen LogP contribution is 2.28. The van der Waals surface area contributed by atoms with Gasteiger partial charge in [-0.2, -0.15) is 0 Å². The topological polar surface area (TPSA) is 24.9 Å². The van der Waals surface area contributed by atoms with Crippen molar-refractivity contribution in [3.63, 3.8) is 0 Å². The van der Waals surface area contributed by atoms with Crippen molar-refractivity contribution < 1.29 is 0 Å². The van der Waals surface area contributed by atoms with E-state index in [1.807, 2.05) is 12.4 Å². The molecule has 2 heteroatoms. The molecule has 0 spiro atoms. The summed E-state index contributed by atoms with van der Waals surface area (Å²) in [5.74, 6) is 0. The van der Waals surface area contributed by atoms with E-state index in [0.29, 0.717) is 0 Å². The number of hydrogen-bond donors (Lipinski definition) is 1. The van der Waals surface area contributed by atoms with Crippen molar-refractivity contribution >= 4 is 16.3 Å². The molecule has 0 fully saturated rings. The molecule has 17 heavy (non-hydrogen) atoms. The maximum atomic E-state index is 4.36. The van der Waals surface area contributed by atoms with Crippen molar-refractivity contribution in [2.45, 2.75) is 13.3 Å². The monoisotopic (exact) mass is 224 g/mol. The molecule has 0 bridgehead atoms. The summed E-state index contributed by atoms with van der Waals surface area (Å²) in [7, 11) is 0. The third kappa shape index (κ3) is 1.85. The lowest BCUT2D eigenvalue weighted by Crippen LogP contribution is -2.23. The zero-order valence-electron chi connectivity index (χ0n) is 10.0. The van der Waals surface area contributed by atoms with E-state index in [2.05, 4.69) is 41.5 Å². The smallest absolute Gasteiger partial charge is 0.0350 e. The summed E-state index contributed by atoms with van der Waals surface area (Å²) in [6.45, 7) is 4.28. The Bertz CT molecular complexity index is 579. The number of pyridine rings is 1. The molecular formula is C15H16N2. The van der Waals surface area contributed by atoms with E-state index in [9.17, 15) is 0 Å². The zero-order chi connectivity index (χ0) is 11.7. The summed E-state index contributed by atoms with van der Waals surface area (Å²) in [5, 5.41) is 5.97. The van der Waals surface area contributed by atoms with E-state index >= 15 is 0 Å². The van der Waals surface area contributed by atoms with Gasteiger partial charge in [0.15, 0.2) is 0 Å². The van der Waals surface area contributed by atoms with Crippen molar-refractivity contribution in [2.24, 2.45) is 0 Å². The highest BCUT2D eigenvalue weighted by Gasteiger charge is 2.13. The Morgan fingerprint density at radius 3 is 2.94 bits per heavy atom. The van der Waals surface area contributed by atoms with Crippen LogP contribution in [0.15, 0.2) is 42.2 Å². The SMILES string of the molecule is CC1=C(c2cncc3ccccc23)CNCC1. The Hall–Kier alpha value is -1.67. The Labute approximate surface area is 101 Å². The number of fused-ring (bicyclic) bond motifs is 1. The quantitative estimate of drug-likeness (QED) is 0.805. The molecule has 2 nitrogen and oxygen atoms in total. The van der Waals surface area contributed by atoms with Crippen LogP contribution in [0.2, 0.25) is 0 Å². The maximum Gasteiger partial charge on any atom is 0.0350 e. The van der Waals surface area contributed by atoms with E-state index in [1.54, 1.807) is 0 Å². The highest BCUT2D eigenvalue weighted by molar-refractivity contribution is 5.94. The lowest BCUT2D eigenvalue weighted by atomic mass is 9.94. The predicted molar refractivity (Wildman–Crippen MR) is 71.8 cm³/mol. The first-order valence-electron chi connectivity index (χ1n) is 6.09. The summed E-state index contributed by atoms with van der Waals surface area (Å²) in [5.41, 5.74) is 4.19. The number of rotatable bonds is 1. The van der Waals surface area contributed by atoms with E-state index in [0.717, 1.165) is 19.5 Å². The Morgan fingerprint density at radius 2 is 2.06 bits per heavy atom. The number of hydrogen-bond acceptors (Lipinski definition) is 2. The fourth-order valence-electron chi connectivity index (χ4n) is 2.47. The summed E-state index contributed by atoms with van der Waals surface area (Å²) in [6.07, 6.45) is 5.07. The van der Waals surface area contributed by atoms with Crippen LogP contribution in [-0.4, -0.2) is 18.1 Å². The number of aromatic nitrogens is 1. The molecule has 1 aromatic carbocycles. The molecule has 0 radical (unpaired) electrons. The number of nitrogens with zero attached hydrogens (tertiary/aromatic N) is 1. The summed E-state index contributed by atoms with van der Waals surface area (Å²) in [4.78, 5) is 4.36. The first-order chi connectivity index (χ1) is 8.36. The van der Waals surface area contributed by atoms with Crippen LogP contribution in [0.25, 0.3) is 16.3 Å². The molecule has 1 aromatic heterocycles. The molecule has 0 atom stereocenters. The van der Waals surface area contributed by atoms with Crippen LogP contribution in [0.5, 0.6) is 0 Å². The molecule has 2 heterocycles. The standard InChI is InChI=1S/C15H16N2/c1-11-6-7-16-9-14(11)15-10-17-8-12-4-2-3-5-13(12)15/h2-5,8,10,16H,6-7,9H2,1H3. The van der Waals surface area contributed by atoms with Crippen LogP contribution in [0, 0.1) is 0 Å². The number of benzene rings is 1. The summed E-state index contributed by atoms with van der Waals surface area (Å²) < 4.78 is 0. The van der Waals surface area contributed by atoms with Gasteiger partial charge in [0, 0.05) is 29.9 Å². The van der Waals surface area contributed by atoms with Gasteiger partial charge in [0.1, 0.15) is 0 Å². The second kappa shape index (κ2) is 4.30. The Kier molecular flexibility index (Phi) is 2.65. The van der Waals surface area contributed by atoms with Gasteiger partial charge < -0.3 is 5.32 Å². The molecular weight excluding hydrogens is 208 g/mol.